The molecule has 118 valence electrons. The number of esters is 1. The molecule has 0 aliphatic heterocycles. The highest BCUT2D eigenvalue weighted by Gasteiger charge is 2.14. The van der Waals surface area contributed by atoms with Crippen molar-refractivity contribution in [2.24, 2.45) is 0 Å². The Balaban J connectivity index is 1.80. The lowest BCUT2D eigenvalue weighted by atomic mass is 10.2. The van der Waals surface area contributed by atoms with Gasteiger partial charge in [-0.25, -0.2) is 14.2 Å². The maximum atomic E-state index is 13.0. The SMILES string of the molecule is Cc1csc2nc(COC(=O)c3ccc(F)cc3Cl)cc(=O)n12. The van der Waals surface area contributed by atoms with Crippen molar-refractivity contribution in [3.8, 4) is 0 Å². The van der Waals surface area contributed by atoms with Crippen LogP contribution < -0.4 is 5.56 Å². The van der Waals surface area contributed by atoms with E-state index in [2.05, 4.69) is 4.98 Å². The van der Waals surface area contributed by atoms with Gasteiger partial charge in [0.25, 0.3) is 5.56 Å². The van der Waals surface area contributed by atoms with E-state index in [-0.39, 0.29) is 22.8 Å². The summed E-state index contributed by atoms with van der Waals surface area (Å²) >= 11 is 7.13. The molecule has 0 atom stereocenters. The molecule has 3 aromatic rings. The number of aryl methyl sites for hydroxylation is 1. The summed E-state index contributed by atoms with van der Waals surface area (Å²) in [5.74, 6) is -1.25. The van der Waals surface area contributed by atoms with Gasteiger partial charge in [-0.05, 0) is 25.1 Å². The summed E-state index contributed by atoms with van der Waals surface area (Å²) in [6, 6.07) is 4.71. The van der Waals surface area contributed by atoms with Crippen molar-refractivity contribution in [2.45, 2.75) is 13.5 Å². The molecule has 2 aromatic heterocycles. The molecule has 5 nitrogen and oxygen atoms in total. The Morgan fingerprint density at radius 3 is 2.96 bits per heavy atom. The van der Waals surface area contributed by atoms with Gasteiger partial charge in [0.2, 0.25) is 0 Å². The summed E-state index contributed by atoms with van der Waals surface area (Å²) in [7, 11) is 0. The molecular formula is C15H10ClFN2O3S. The van der Waals surface area contributed by atoms with Gasteiger partial charge in [0.05, 0.1) is 16.3 Å². The maximum absolute atomic E-state index is 13.0. The van der Waals surface area contributed by atoms with E-state index < -0.39 is 11.8 Å². The smallest absolute Gasteiger partial charge is 0.340 e. The lowest BCUT2D eigenvalue weighted by Gasteiger charge is -2.06. The van der Waals surface area contributed by atoms with Gasteiger partial charge < -0.3 is 4.74 Å². The van der Waals surface area contributed by atoms with Crippen LogP contribution in [0.4, 0.5) is 4.39 Å². The Morgan fingerprint density at radius 1 is 1.43 bits per heavy atom. The summed E-state index contributed by atoms with van der Waals surface area (Å²) in [6.45, 7) is 1.64. The first-order valence-corrected chi connectivity index (χ1v) is 7.80. The molecule has 0 N–H and O–H groups in total. The van der Waals surface area contributed by atoms with Gasteiger partial charge in [0, 0.05) is 17.1 Å². The van der Waals surface area contributed by atoms with Gasteiger partial charge in [0.1, 0.15) is 12.4 Å². The second kappa shape index (κ2) is 6.10. The molecule has 0 bridgehead atoms. The first-order valence-electron chi connectivity index (χ1n) is 6.54. The monoisotopic (exact) mass is 352 g/mol. The zero-order valence-electron chi connectivity index (χ0n) is 11.9. The van der Waals surface area contributed by atoms with Crippen LogP contribution in [0.1, 0.15) is 21.7 Å². The van der Waals surface area contributed by atoms with Crippen LogP contribution in [0.3, 0.4) is 0 Å². The second-order valence-corrected chi connectivity index (χ2v) is 6.02. The lowest BCUT2D eigenvalue weighted by molar-refractivity contribution is 0.0468. The Kier molecular flexibility index (Phi) is 4.14. The average Bonchev–Trinajstić information content (AvgIpc) is 2.86. The molecule has 0 fully saturated rings. The minimum Gasteiger partial charge on any atom is -0.456 e. The van der Waals surface area contributed by atoms with Crippen molar-refractivity contribution in [1.82, 2.24) is 9.38 Å². The number of hydrogen-bond acceptors (Lipinski definition) is 5. The van der Waals surface area contributed by atoms with Crippen molar-refractivity contribution in [3.63, 3.8) is 0 Å². The van der Waals surface area contributed by atoms with Crippen molar-refractivity contribution >= 4 is 33.9 Å². The van der Waals surface area contributed by atoms with Crippen LogP contribution in [-0.2, 0) is 11.3 Å². The Morgan fingerprint density at radius 2 is 2.22 bits per heavy atom. The van der Waals surface area contributed by atoms with Crippen molar-refractivity contribution < 1.29 is 13.9 Å². The first-order chi connectivity index (χ1) is 11.0. The normalized spacial score (nSPS) is 10.9. The molecule has 0 unspecified atom stereocenters. The minimum atomic E-state index is -0.709. The number of rotatable bonds is 3. The molecular weight excluding hydrogens is 343 g/mol. The number of carbonyl (C=O) groups is 1. The zero-order valence-corrected chi connectivity index (χ0v) is 13.4. The van der Waals surface area contributed by atoms with E-state index in [1.165, 1.54) is 27.9 Å². The summed E-state index contributed by atoms with van der Waals surface area (Å²) in [6.07, 6.45) is 0. The highest BCUT2D eigenvalue weighted by molar-refractivity contribution is 7.15. The van der Waals surface area contributed by atoms with E-state index >= 15 is 0 Å². The van der Waals surface area contributed by atoms with E-state index in [4.69, 9.17) is 16.3 Å². The largest absolute Gasteiger partial charge is 0.456 e. The second-order valence-electron chi connectivity index (χ2n) is 4.78. The number of benzene rings is 1. The van der Waals surface area contributed by atoms with E-state index in [0.717, 1.165) is 17.8 Å². The standard InChI is InChI=1S/C15H10ClFN2O3S/c1-8-7-23-15-18-10(5-13(20)19(8)15)6-22-14(21)11-3-2-9(17)4-12(11)16/h2-5,7H,6H2,1H3. The van der Waals surface area contributed by atoms with E-state index in [1.807, 2.05) is 12.3 Å². The number of fused-ring (bicyclic) bond motifs is 1. The predicted octanol–water partition coefficient (Wildman–Crippen LogP) is 3.21. The molecule has 0 spiro atoms. The van der Waals surface area contributed by atoms with Crippen LogP contribution in [0.2, 0.25) is 5.02 Å². The molecule has 0 saturated heterocycles. The van der Waals surface area contributed by atoms with Crippen LogP contribution >= 0.6 is 22.9 Å². The topological polar surface area (TPSA) is 60.7 Å². The highest BCUT2D eigenvalue weighted by atomic mass is 35.5. The molecule has 2 heterocycles. The fraction of sp³-hybridized carbons (Fsp3) is 0.133. The van der Waals surface area contributed by atoms with E-state index in [0.29, 0.717) is 10.7 Å². The fourth-order valence-electron chi connectivity index (χ4n) is 2.05. The van der Waals surface area contributed by atoms with Gasteiger partial charge in [-0.15, -0.1) is 11.3 Å². The maximum Gasteiger partial charge on any atom is 0.340 e. The molecule has 0 aliphatic carbocycles. The molecule has 1 aromatic carbocycles. The molecule has 3 rings (SSSR count). The number of carbonyl (C=O) groups excluding carboxylic acids is 1. The molecule has 0 aliphatic rings. The van der Waals surface area contributed by atoms with Crippen molar-refractivity contribution in [3.05, 3.63) is 67.8 Å². The van der Waals surface area contributed by atoms with Gasteiger partial charge in [0.15, 0.2) is 4.96 Å². The zero-order chi connectivity index (χ0) is 16.6. The first kappa shape index (κ1) is 15.6. The molecule has 23 heavy (non-hydrogen) atoms. The Hall–Kier alpha value is -2.25. The average molecular weight is 353 g/mol. The number of ether oxygens (including phenoxy) is 1. The number of halogens is 2. The molecule has 0 saturated carbocycles. The van der Waals surface area contributed by atoms with Gasteiger partial charge in [-0.3, -0.25) is 9.20 Å². The van der Waals surface area contributed by atoms with Crippen LogP contribution in [0.25, 0.3) is 4.96 Å². The van der Waals surface area contributed by atoms with E-state index in [9.17, 15) is 14.0 Å². The van der Waals surface area contributed by atoms with Crippen LogP contribution in [0, 0.1) is 12.7 Å². The predicted molar refractivity (Wildman–Crippen MR) is 84.6 cm³/mol. The molecule has 0 amide bonds. The molecule has 0 radical (unpaired) electrons. The highest BCUT2D eigenvalue weighted by Crippen LogP contribution is 2.19. The Labute approximate surface area is 138 Å². The third kappa shape index (κ3) is 3.11. The number of hydrogen-bond donors (Lipinski definition) is 0. The van der Waals surface area contributed by atoms with Crippen LogP contribution in [0.5, 0.6) is 0 Å². The fourth-order valence-corrected chi connectivity index (χ4v) is 3.18. The lowest BCUT2D eigenvalue weighted by Crippen LogP contribution is -2.16. The Bertz CT molecular complexity index is 967. The van der Waals surface area contributed by atoms with Gasteiger partial charge in [-0.2, -0.15) is 0 Å². The van der Waals surface area contributed by atoms with Gasteiger partial charge >= 0.3 is 5.97 Å². The third-order valence-corrected chi connectivity index (χ3v) is 4.39. The minimum absolute atomic E-state index is 0.0348. The number of thiazole rings is 1. The summed E-state index contributed by atoms with van der Waals surface area (Å²) < 4.78 is 19.5. The number of aromatic nitrogens is 2. The third-order valence-electron chi connectivity index (χ3n) is 3.13. The summed E-state index contributed by atoms with van der Waals surface area (Å²) in [5.41, 5.74) is 0.949. The van der Waals surface area contributed by atoms with Gasteiger partial charge in [-0.1, -0.05) is 11.6 Å². The van der Waals surface area contributed by atoms with Crippen LogP contribution in [-0.4, -0.2) is 15.4 Å². The number of nitrogens with zero attached hydrogens (tertiary/aromatic N) is 2. The molecule has 8 heteroatoms. The van der Waals surface area contributed by atoms with Crippen LogP contribution in [0.15, 0.2) is 34.4 Å². The summed E-state index contributed by atoms with van der Waals surface area (Å²) in [5, 5.41) is 1.78. The van der Waals surface area contributed by atoms with Crippen molar-refractivity contribution in [2.75, 3.05) is 0 Å². The summed E-state index contributed by atoms with van der Waals surface area (Å²) in [4.78, 5) is 28.8. The van der Waals surface area contributed by atoms with E-state index in [1.54, 1.807) is 0 Å². The quantitative estimate of drug-likeness (QED) is 0.679. The van der Waals surface area contributed by atoms with Crippen molar-refractivity contribution in [1.29, 1.82) is 0 Å².